The molecule has 0 radical (unpaired) electrons. The van der Waals surface area contributed by atoms with Crippen LogP contribution in [0.25, 0.3) is 0 Å². The number of thioether (sulfide) groups is 1. The van der Waals surface area contributed by atoms with E-state index in [9.17, 15) is 0 Å². The number of hydrogen-bond acceptors (Lipinski definition) is 4. The molecule has 1 fully saturated rings. The summed E-state index contributed by atoms with van der Waals surface area (Å²) in [7, 11) is 0. The number of aromatic nitrogens is 2. The first-order chi connectivity index (χ1) is 7.72. The van der Waals surface area contributed by atoms with E-state index in [4.69, 9.17) is 11.6 Å². The highest BCUT2D eigenvalue weighted by Gasteiger charge is 2.27. The molecule has 0 spiro atoms. The lowest BCUT2D eigenvalue weighted by molar-refractivity contribution is 0.761. The SMILES string of the molecule is CSC1CCCC1Nc1ncnc(Cl)c1C. The van der Waals surface area contributed by atoms with Crippen molar-refractivity contribution >= 4 is 29.2 Å². The van der Waals surface area contributed by atoms with Gasteiger partial charge in [-0.2, -0.15) is 11.8 Å². The van der Waals surface area contributed by atoms with Crippen LogP contribution in [0.3, 0.4) is 0 Å². The molecule has 1 aromatic rings. The Bertz CT molecular complexity index is 372. The Hall–Kier alpha value is -0.480. The third-order valence-corrected chi connectivity index (χ3v) is 4.65. The number of rotatable bonds is 3. The van der Waals surface area contributed by atoms with Crippen LogP contribution < -0.4 is 5.32 Å². The van der Waals surface area contributed by atoms with Crippen molar-refractivity contribution in [1.82, 2.24) is 9.97 Å². The van der Waals surface area contributed by atoms with E-state index in [0.29, 0.717) is 16.4 Å². The van der Waals surface area contributed by atoms with E-state index >= 15 is 0 Å². The standard InChI is InChI=1S/C11H16ClN3S/c1-7-10(12)13-6-14-11(7)15-8-4-3-5-9(8)16-2/h6,8-9H,3-5H2,1-2H3,(H,13,14,15). The molecule has 1 aliphatic carbocycles. The molecule has 2 atom stereocenters. The maximum absolute atomic E-state index is 5.97. The summed E-state index contributed by atoms with van der Waals surface area (Å²) < 4.78 is 0. The molecule has 5 heteroatoms. The number of nitrogens with one attached hydrogen (secondary N) is 1. The average Bonchev–Trinajstić information content (AvgIpc) is 2.72. The van der Waals surface area contributed by atoms with E-state index in [1.165, 1.54) is 25.6 Å². The summed E-state index contributed by atoms with van der Waals surface area (Å²) in [6.07, 6.45) is 7.48. The zero-order valence-electron chi connectivity index (χ0n) is 9.53. The first-order valence-electron chi connectivity index (χ1n) is 5.49. The van der Waals surface area contributed by atoms with Crippen molar-refractivity contribution in [3.05, 3.63) is 17.0 Å². The van der Waals surface area contributed by atoms with Gasteiger partial charge in [-0.3, -0.25) is 0 Å². The molecule has 1 aromatic heterocycles. The lowest BCUT2D eigenvalue weighted by Gasteiger charge is -2.20. The average molecular weight is 258 g/mol. The van der Waals surface area contributed by atoms with Crippen LogP contribution in [0.4, 0.5) is 5.82 Å². The zero-order valence-corrected chi connectivity index (χ0v) is 11.1. The predicted molar refractivity (Wildman–Crippen MR) is 70.3 cm³/mol. The Kier molecular flexibility index (Phi) is 3.92. The van der Waals surface area contributed by atoms with Gasteiger partial charge in [0.2, 0.25) is 0 Å². The van der Waals surface area contributed by atoms with Gasteiger partial charge in [0, 0.05) is 16.9 Å². The topological polar surface area (TPSA) is 37.8 Å². The van der Waals surface area contributed by atoms with Gasteiger partial charge in [0.25, 0.3) is 0 Å². The van der Waals surface area contributed by atoms with Gasteiger partial charge in [-0.1, -0.05) is 18.0 Å². The van der Waals surface area contributed by atoms with Gasteiger partial charge in [0.1, 0.15) is 17.3 Å². The van der Waals surface area contributed by atoms with Crippen molar-refractivity contribution in [2.45, 2.75) is 37.5 Å². The molecule has 0 bridgehead atoms. The number of hydrogen-bond donors (Lipinski definition) is 1. The third kappa shape index (κ3) is 2.43. The molecule has 2 unspecified atom stereocenters. The summed E-state index contributed by atoms with van der Waals surface area (Å²) in [5, 5.41) is 4.72. The van der Waals surface area contributed by atoms with E-state index in [-0.39, 0.29) is 0 Å². The summed E-state index contributed by atoms with van der Waals surface area (Å²) in [6.45, 7) is 1.95. The Balaban J connectivity index is 2.11. The van der Waals surface area contributed by atoms with Crippen LogP contribution in [-0.4, -0.2) is 27.5 Å². The molecule has 1 heterocycles. The quantitative estimate of drug-likeness (QED) is 0.845. The second-order valence-electron chi connectivity index (χ2n) is 4.09. The molecule has 0 aliphatic heterocycles. The van der Waals surface area contributed by atoms with E-state index in [0.717, 1.165) is 11.4 Å². The fraction of sp³-hybridized carbons (Fsp3) is 0.636. The van der Waals surface area contributed by atoms with Crippen LogP contribution in [0.15, 0.2) is 6.33 Å². The molecule has 88 valence electrons. The predicted octanol–water partition coefficient (Wildman–Crippen LogP) is 3.13. The van der Waals surface area contributed by atoms with E-state index < -0.39 is 0 Å². The van der Waals surface area contributed by atoms with Gasteiger partial charge in [0.05, 0.1) is 0 Å². The number of nitrogens with zero attached hydrogens (tertiary/aromatic N) is 2. The summed E-state index contributed by atoms with van der Waals surface area (Å²) in [4.78, 5) is 8.22. The molecule has 2 rings (SSSR count). The molecular weight excluding hydrogens is 242 g/mol. The second-order valence-corrected chi connectivity index (χ2v) is 5.53. The van der Waals surface area contributed by atoms with Gasteiger partial charge < -0.3 is 5.32 Å². The van der Waals surface area contributed by atoms with E-state index in [1.54, 1.807) is 0 Å². The van der Waals surface area contributed by atoms with E-state index in [2.05, 4.69) is 21.5 Å². The van der Waals surface area contributed by atoms with Gasteiger partial charge in [-0.25, -0.2) is 9.97 Å². The molecule has 3 nitrogen and oxygen atoms in total. The first-order valence-corrected chi connectivity index (χ1v) is 7.15. The molecule has 1 N–H and O–H groups in total. The largest absolute Gasteiger partial charge is 0.366 e. The Labute approximate surface area is 105 Å². The minimum atomic E-state index is 0.514. The van der Waals surface area contributed by atoms with Crippen LogP contribution in [0, 0.1) is 6.92 Å². The van der Waals surface area contributed by atoms with Crippen LogP contribution in [0.2, 0.25) is 5.15 Å². The number of anilines is 1. The van der Waals surface area contributed by atoms with E-state index in [1.807, 2.05) is 18.7 Å². The lowest BCUT2D eigenvalue weighted by Crippen LogP contribution is -2.26. The van der Waals surface area contributed by atoms with Crippen LogP contribution >= 0.6 is 23.4 Å². The molecular formula is C11H16ClN3S. The van der Waals surface area contributed by atoms with Crippen molar-refractivity contribution in [3.63, 3.8) is 0 Å². The minimum Gasteiger partial charge on any atom is -0.366 e. The summed E-state index contributed by atoms with van der Waals surface area (Å²) in [6, 6.07) is 0.514. The van der Waals surface area contributed by atoms with Gasteiger partial charge in [-0.05, 0) is 26.0 Å². The van der Waals surface area contributed by atoms with Crippen molar-refractivity contribution < 1.29 is 0 Å². The molecule has 1 aliphatic rings. The first kappa shape index (κ1) is 12.0. The lowest BCUT2D eigenvalue weighted by atomic mass is 10.2. The normalized spacial score (nSPS) is 24.7. The van der Waals surface area contributed by atoms with Gasteiger partial charge >= 0.3 is 0 Å². The maximum Gasteiger partial charge on any atom is 0.137 e. The zero-order chi connectivity index (χ0) is 11.5. The molecule has 1 saturated carbocycles. The van der Waals surface area contributed by atoms with Crippen molar-refractivity contribution in [1.29, 1.82) is 0 Å². The second kappa shape index (κ2) is 5.23. The molecule has 0 aromatic carbocycles. The summed E-state index contributed by atoms with van der Waals surface area (Å²) in [5.41, 5.74) is 0.941. The van der Waals surface area contributed by atoms with Crippen molar-refractivity contribution in [3.8, 4) is 0 Å². The summed E-state index contributed by atoms with van der Waals surface area (Å²) >= 11 is 7.90. The minimum absolute atomic E-state index is 0.514. The Morgan fingerprint density at radius 2 is 2.25 bits per heavy atom. The highest BCUT2D eigenvalue weighted by Crippen LogP contribution is 2.31. The van der Waals surface area contributed by atoms with Crippen LogP contribution in [-0.2, 0) is 0 Å². The smallest absolute Gasteiger partial charge is 0.137 e. The Morgan fingerprint density at radius 1 is 1.44 bits per heavy atom. The van der Waals surface area contributed by atoms with Gasteiger partial charge in [0.15, 0.2) is 0 Å². The summed E-state index contributed by atoms with van der Waals surface area (Å²) in [5.74, 6) is 0.881. The highest BCUT2D eigenvalue weighted by molar-refractivity contribution is 7.99. The monoisotopic (exact) mass is 257 g/mol. The highest BCUT2D eigenvalue weighted by atomic mass is 35.5. The molecule has 16 heavy (non-hydrogen) atoms. The Morgan fingerprint density at radius 3 is 3.00 bits per heavy atom. The molecule has 0 amide bonds. The number of halogens is 1. The van der Waals surface area contributed by atoms with Crippen LogP contribution in [0.1, 0.15) is 24.8 Å². The molecule has 0 saturated heterocycles. The fourth-order valence-electron chi connectivity index (χ4n) is 2.12. The van der Waals surface area contributed by atoms with Crippen molar-refractivity contribution in [2.24, 2.45) is 0 Å². The van der Waals surface area contributed by atoms with Crippen LogP contribution in [0.5, 0.6) is 0 Å². The van der Waals surface area contributed by atoms with Gasteiger partial charge in [-0.15, -0.1) is 0 Å². The maximum atomic E-state index is 5.97. The third-order valence-electron chi connectivity index (χ3n) is 3.10. The fourth-order valence-corrected chi connectivity index (χ4v) is 3.19. The van der Waals surface area contributed by atoms with Crippen molar-refractivity contribution in [2.75, 3.05) is 11.6 Å².